The van der Waals surface area contributed by atoms with Gasteiger partial charge >= 0.3 is 0 Å². The maximum absolute atomic E-state index is 5.68. The summed E-state index contributed by atoms with van der Waals surface area (Å²) in [7, 11) is 0. The number of aromatic amines is 1. The van der Waals surface area contributed by atoms with E-state index in [0.717, 1.165) is 17.8 Å². The average molecular weight is 227 g/mol. The molecule has 3 aromatic rings. The van der Waals surface area contributed by atoms with Gasteiger partial charge in [-0.05, 0) is 30.3 Å². The summed E-state index contributed by atoms with van der Waals surface area (Å²) < 4.78 is 7.54. The Hall–Kier alpha value is -2.23. The van der Waals surface area contributed by atoms with Crippen molar-refractivity contribution in [3.8, 4) is 5.75 Å². The largest absolute Gasteiger partial charge is 0.492 e. The Morgan fingerprint density at radius 1 is 1.29 bits per heavy atom. The summed E-state index contributed by atoms with van der Waals surface area (Å²) in [5.74, 6) is 0.893. The standard InChI is InChI=1S/C13H13N3O/c1-5-15-16(7-1)8-9-17-12-2-3-13-11(10-12)4-6-14-13/h1-7,10,14H,8-9H2. The number of nitrogens with one attached hydrogen (secondary N) is 1. The van der Waals surface area contributed by atoms with Crippen LogP contribution in [0.3, 0.4) is 0 Å². The van der Waals surface area contributed by atoms with Crippen molar-refractivity contribution in [3.05, 3.63) is 48.9 Å². The highest BCUT2D eigenvalue weighted by atomic mass is 16.5. The topological polar surface area (TPSA) is 42.8 Å². The van der Waals surface area contributed by atoms with E-state index >= 15 is 0 Å². The van der Waals surface area contributed by atoms with Crippen LogP contribution in [0.2, 0.25) is 0 Å². The summed E-state index contributed by atoms with van der Waals surface area (Å²) in [6, 6.07) is 9.98. The third kappa shape index (κ3) is 2.15. The van der Waals surface area contributed by atoms with Crippen LogP contribution in [0.25, 0.3) is 10.9 Å². The molecule has 0 spiro atoms. The number of aromatic nitrogens is 3. The molecule has 86 valence electrons. The summed E-state index contributed by atoms with van der Waals surface area (Å²) in [5.41, 5.74) is 1.13. The molecule has 0 radical (unpaired) electrons. The first-order chi connectivity index (χ1) is 8.42. The molecule has 0 unspecified atom stereocenters. The lowest BCUT2D eigenvalue weighted by molar-refractivity contribution is 0.291. The molecule has 0 bridgehead atoms. The van der Waals surface area contributed by atoms with Gasteiger partial charge in [-0.3, -0.25) is 4.68 Å². The first-order valence-electron chi connectivity index (χ1n) is 5.59. The van der Waals surface area contributed by atoms with E-state index < -0.39 is 0 Å². The average Bonchev–Trinajstić information content (AvgIpc) is 2.98. The van der Waals surface area contributed by atoms with Crippen molar-refractivity contribution in [2.75, 3.05) is 6.61 Å². The van der Waals surface area contributed by atoms with Crippen molar-refractivity contribution in [2.24, 2.45) is 0 Å². The normalized spacial score (nSPS) is 10.8. The molecule has 2 aromatic heterocycles. The third-order valence-corrected chi connectivity index (χ3v) is 2.67. The highest BCUT2D eigenvalue weighted by molar-refractivity contribution is 5.80. The van der Waals surface area contributed by atoms with Gasteiger partial charge in [-0.25, -0.2) is 0 Å². The molecule has 0 atom stereocenters. The second kappa shape index (κ2) is 4.33. The van der Waals surface area contributed by atoms with Crippen LogP contribution in [-0.4, -0.2) is 21.4 Å². The fourth-order valence-corrected chi connectivity index (χ4v) is 1.81. The van der Waals surface area contributed by atoms with Crippen molar-refractivity contribution in [3.63, 3.8) is 0 Å². The van der Waals surface area contributed by atoms with E-state index in [1.54, 1.807) is 6.20 Å². The van der Waals surface area contributed by atoms with Crippen molar-refractivity contribution in [1.82, 2.24) is 14.8 Å². The Labute approximate surface area is 98.8 Å². The van der Waals surface area contributed by atoms with Crippen LogP contribution in [0.5, 0.6) is 5.75 Å². The zero-order chi connectivity index (χ0) is 11.5. The third-order valence-electron chi connectivity index (χ3n) is 2.67. The molecule has 1 aromatic carbocycles. The van der Waals surface area contributed by atoms with Crippen molar-refractivity contribution >= 4 is 10.9 Å². The highest BCUT2D eigenvalue weighted by Gasteiger charge is 1.98. The van der Waals surface area contributed by atoms with E-state index in [2.05, 4.69) is 10.1 Å². The van der Waals surface area contributed by atoms with Gasteiger partial charge < -0.3 is 9.72 Å². The van der Waals surface area contributed by atoms with E-state index in [-0.39, 0.29) is 0 Å². The SMILES string of the molecule is c1cnn(CCOc2ccc3[nH]ccc3c2)c1. The van der Waals surface area contributed by atoms with Gasteiger partial charge in [0.15, 0.2) is 0 Å². The Balaban J connectivity index is 1.64. The van der Waals surface area contributed by atoms with E-state index in [9.17, 15) is 0 Å². The van der Waals surface area contributed by atoms with Crippen LogP contribution >= 0.6 is 0 Å². The van der Waals surface area contributed by atoms with Gasteiger partial charge in [0.2, 0.25) is 0 Å². The van der Waals surface area contributed by atoms with Crippen LogP contribution in [0.1, 0.15) is 0 Å². The lowest BCUT2D eigenvalue weighted by Gasteiger charge is -2.06. The molecular weight excluding hydrogens is 214 g/mol. The number of hydrogen-bond acceptors (Lipinski definition) is 2. The Bertz CT molecular complexity index is 598. The van der Waals surface area contributed by atoms with Crippen LogP contribution in [-0.2, 0) is 6.54 Å². The van der Waals surface area contributed by atoms with Crippen LogP contribution < -0.4 is 4.74 Å². The molecule has 0 saturated heterocycles. The summed E-state index contributed by atoms with van der Waals surface area (Å²) >= 11 is 0. The van der Waals surface area contributed by atoms with Gasteiger partial charge in [0.1, 0.15) is 12.4 Å². The molecule has 4 heteroatoms. The molecule has 0 aliphatic heterocycles. The lowest BCUT2D eigenvalue weighted by Crippen LogP contribution is -2.08. The fourth-order valence-electron chi connectivity index (χ4n) is 1.81. The molecule has 3 rings (SSSR count). The fraction of sp³-hybridized carbons (Fsp3) is 0.154. The number of H-pyrrole nitrogens is 1. The number of nitrogens with zero attached hydrogens (tertiary/aromatic N) is 2. The smallest absolute Gasteiger partial charge is 0.120 e. The second-order valence-electron chi connectivity index (χ2n) is 3.84. The van der Waals surface area contributed by atoms with Gasteiger partial charge in [0.05, 0.1) is 6.54 Å². The molecule has 0 amide bonds. The Morgan fingerprint density at radius 3 is 3.18 bits per heavy atom. The minimum Gasteiger partial charge on any atom is -0.492 e. The number of ether oxygens (including phenoxy) is 1. The number of fused-ring (bicyclic) bond motifs is 1. The molecule has 0 saturated carbocycles. The Kier molecular flexibility index (Phi) is 2.54. The molecule has 4 nitrogen and oxygen atoms in total. The zero-order valence-electron chi connectivity index (χ0n) is 9.34. The van der Waals surface area contributed by atoms with Gasteiger partial charge in [0, 0.05) is 29.5 Å². The Morgan fingerprint density at radius 2 is 2.29 bits per heavy atom. The van der Waals surface area contributed by atoms with Crippen molar-refractivity contribution in [1.29, 1.82) is 0 Å². The lowest BCUT2D eigenvalue weighted by atomic mass is 10.2. The van der Waals surface area contributed by atoms with E-state index in [0.29, 0.717) is 6.61 Å². The maximum atomic E-state index is 5.68. The predicted molar refractivity (Wildman–Crippen MR) is 66.0 cm³/mol. The summed E-state index contributed by atoms with van der Waals surface area (Å²) in [6.07, 6.45) is 5.63. The van der Waals surface area contributed by atoms with Gasteiger partial charge in [0.25, 0.3) is 0 Å². The second-order valence-corrected chi connectivity index (χ2v) is 3.84. The molecule has 0 aliphatic rings. The van der Waals surface area contributed by atoms with Crippen LogP contribution in [0, 0.1) is 0 Å². The summed E-state index contributed by atoms with van der Waals surface area (Å²) in [6.45, 7) is 1.38. The van der Waals surface area contributed by atoms with Gasteiger partial charge in [-0.1, -0.05) is 0 Å². The monoisotopic (exact) mass is 227 g/mol. The minimum atomic E-state index is 0.623. The van der Waals surface area contributed by atoms with E-state index in [4.69, 9.17) is 4.74 Å². The molecule has 2 heterocycles. The molecule has 0 aliphatic carbocycles. The van der Waals surface area contributed by atoms with Gasteiger partial charge in [-0.15, -0.1) is 0 Å². The van der Waals surface area contributed by atoms with E-state index in [1.807, 2.05) is 47.4 Å². The maximum Gasteiger partial charge on any atom is 0.120 e. The highest BCUT2D eigenvalue weighted by Crippen LogP contribution is 2.19. The first-order valence-corrected chi connectivity index (χ1v) is 5.59. The molecular formula is C13H13N3O. The zero-order valence-corrected chi connectivity index (χ0v) is 9.34. The summed E-state index contributed by atoms with van der Waals surface area (Å²) in [5, 5.41) is 5.29. The quantitative estimate of drug-likeness (QED) is 0.744. The number of rotatable bonds is 4. The van der Waals surface area contributed by atoms with Gasteiger partial charge in [-0.2, -0.15) is 5.10 Å². The molecule has 1 N–H and O–H groups in total. The van der Waals surface area contributed by atoms with Crippen molar-refractivity contribution in [2.45, 2.75) is 6.54 Å². The number of benzene rings is 1. The molecule has 17 heavy (non-hydrogen) atoms. The van der Waals surface area contributed by atoms with E-state index in [1.165, 1.54) is 5.39 Å². The first kappa shape index (κ1) is 9.96. The summed E-state index contributed by atoms with van der Waals surface area (Å²) in [4.78, 5) is 3.16. The molecule has 0 fully saturated rings. The van der Waals surface area contributed by atoms with Crippen LogP contribution in [0.15, 0.2) is 48.9 Å². The van der Waals surface area contributed by atoms with Crippen LogP contribution in [0.4, 0.5) is 0 Å². The minimum absolute atomic E-state index is 0.623. The predicted octanol–water partition coefficient (Wildman–Crippen LogP) is 2.44. The van der Waals surface area contributed by atoms with Crippen molar-refractivity contribution < 1.29 is 4.74 Å². The number of hydrogen-bond donors (Lipinski definition) is 1.